The number of rotatable bonds is 2. The van der Waals surface area contributed by atoms with E-state index in [9.17, 15) is 0 Å². The molecule has 1 aromatic carbocycles. The molecule has 3 rings (SSSR count). The number of hydrogen-bond acceptors (Lipinski definition) is 3. The highest BCUT2D eigenvalue weighted by atomic mass is 16.7. The average Bonchev–Trinajstić information content (AvgIpc) is 2.78. The van der Waals surface area contributed by atoms with Gasteiger partial charge in [-0.25, -0.2) is 0 Å². The van der Waals surface area contributed by atoms with Crippen LogP contribution in [0.2, 0.25) is 0 Å². The highest BCUT2D eigenvalue weighted by Gasteiger charge is 2.38. The molecule has 1 saturated carbocycles. The normalized spacial score (nSPS) is 23.2. The summed E-state index contributed by atoms with van der Waals surface area (Å²) in [5, 5.41) is 0. The molecule has 16 heavy (non-hydrogen) atoms. The van der Waals surface area contributed by atoms with Gasteiger partial charge in [0.2, 0.25) is 5.79 Å². The molecular formula is C13H17NO2. The first-order chi connectivity index (χ1) is 7.46. The molecule has 1 aliphatic heterocycles. The van der Waals surface area contributed by atoms with Crippen LogP contribution in [0.3, 0.4) is 0 Å². The van der Waals surface area contributed by atoms with Crippen LogP contribution < -0.4 is 15.2 Å². The quantitative estimate of drug-likeness (QED) is 0.829. The summed E-state index contributed by atoms with van der Waals surface area (Å²) in [6, 6.07) is 6.11. The van der Waals surface area contributed by atoms with E-state index in [1.807, 2.05) is 19.9 Å². The zero-order chi connectivity index (χ0) is 11.4. The zero-order valence-electron chi connectivity index (χ0n) is 9.75. The molecule has 0 unspecified atom stereocenters. The van der Waals surface area contributed by atoms with Gasteiger partial charge in [0, 0.05) is 19.4 Å². The van der Waals surface area contributed by atoms with Crippen LogP contribution in [0.5, 0.6) is 11.5 Å². The fraction of sp³-hybridized carbons (Fsp3) is 0.538. The number of benzene rings is 1. The average molecular weight is 219 g/mol. The lowest BCUT2D eigenvalue weighted by Gasteiger charge is -2.16. The molecule has 0 saturated heterocycles. The smallest absolute Gasteiger partial charge is 0.246 e. The van der Waals surface area contributed by atoms with Gasteiger partial charge in [-0.3, -0.25) is 0 Å². The molecule has 0 bridgehead atoms. The number of fused-ring (bicyclic) bond motifs is 1. The maximum atomic E-state index is 6.11. The second-order valence-electron chi connectivity index (χ2n) is 5.42. The Labute approximate surface area is 95.5 Å². The van der Waals surface area contributed by atoms with Crippen LogP contribution in [0.15, 0.2) is 18.2 Å². The fourth-order valence-corrected chi connectivity index (χ4v) is 2.12. The van der Waals surface area contributed by atoms with Gasteiger partial charge in [0.05, 0.1) is 0 Å². The maximum Gasteiger partial charge on any atom is 0.246 e. The van der Waals surface area contributed by atoms with Gasteiger partial charge in [-0.15, -0.1) is 0 Å². The zero-order valence-corrected chi connectivity index (χ0v) is 9.75. The van der Waals surface area contributed by atoms with Gasteiger partial charge in [-0.1, -0.05) is 6.07 Å². The maximum absolute atomic E-state index is 6.11. The van der Waals surface area contributed by atoms with Crippen molar-refractivity contribution in [2.75, 3.05) is 0 Å². The molecule has 3 heteroatoms. The van der Waals surface area contributed by atoms with Gasteiger partial charge in [0.25, 0.3) is 0 Å². The summed E-state index contributed by atoms with van der Waals surface area (Å²) in [6.07, 6.45) is 3.20. The Kier molecular flexibility index (Phi) is 1.82. The molecule has 2 N–H and O–H groups in total. The molecule has 3 nitrogen and oxygen atoms in total. The minimum atomic E-state index is -0.541. The lowest BCUT2D eigenvalue weighted by atomic mass is 10.0. The van der Waals surface area contributed by atoms with Crippen LogP contribution in [0.4, 0.5) is 0 Å². The van der Waals surface area contributed by atoms with Crippen molar-refractivity contribution in [2.45, 2.75) is 44.4 Å². The van der Waals surface area contributed by atoms with Gasteiger partial charge in [0.1, 0.15) is 0 Å². The van der Waals surface area contributed by atoms with Crippen molar-refractivity contribution in [3.05, 3.63) is 23.8 Å². The van der Waals surface area contributed by atoms with Crippen LogP contribution >= 0.6 is 0 Å². The summed E-state index contributed by atoms with van der Waals surface area (Å²) >= 11 is 0. The molecule has 86 valence electrons. The Bertz CT molecular complexity index is 436. The van der Waals surface area contributed by atoms with Crippen molar-refractivity contribution in [3.8, 4) is 11.5 Å². The van der Waals surface area contributed by atoms with E-state index in [2.05, 4.69) is 12.1 Å². The summed E-state index contributed by atoms with van der Waals surface area (Å²) in [4.78, 5) is 0. The first kappa shape index (κ1) is 9.97. The Hall–Kier alpha value is -1.22. The Morgan fingerprint density at radius 1 is 1.19 bits per heavy atom. The van der Waals surface area contributed by atoms with E-state index < -0.39 is 5.79 Å². The first-order valence-corrected chi connectivity index (χ1v) is 5.76. The lowest BCUT2D eigenvalue weighted by Crippen LogP contribution is -2.29. The van der Waals surface area contributed by atoms with E-state index in [0.29, 0.717) is 0 Å². The van der Waals surface area contributed by atoms with E-state index in [1.165, 1.54) is 5.56 Å². The summed E-state index contributed by atoms with van der Waals surface area (Å²) in [5.74, 6) is 1.13. The molecule has 0 radical (unpaired) electrons. The SMILES string of the molecule is CC1(C)Oc2ccc(CC3(N)CC3)cc2O1. The molecule has 0 aromatic heterocycles. The molecular weight excluding hydrogens is 202 g/mol. The van der Waals surface area contributed by atoms with E-state index in [4.69, 9.17) is 15.2 Å². The molecule has 2 aliphatic rings. The number of nitrogens with two attached hydrogens (primary N) is 1. The van der Waals surface area contributed by atoms with Crippen molar-refractivity contribution < 1.29 is 9.47 Å². The predicted octanol–water partition coefficient (Wildman–Crippen LogP) is 2.23. The van der Waals surface area contributed by atoms with Crippen LogP contribution in [-0.2, 0) is 6.42 Å². The third-order valence-corrected chi connectivity index (χ3v) is 3.17. The van der Waals surface area contributed by atoms with Gasteiger partial charge in [-0.2, -0.15) is 0 Å². The van der Waals surface area contributed by atoms with Gasteiger partial charge >= 0.3 is 0 Å². The highest BCUT2D eigenvalue weighted by molar-refractivity contribution is 5.46. The Morgan fingerprint density at radius 3 is 2.56 bits per heavy atom. The van der Waals surface area contributed by atoms with Crippen LogP contribution in [0.1, 0.15) is 32.3 Å². The fourth-order valence-electron chi connectivity index (χ4n) is 2.12. The third kappa shape index (κ3) is 1.76. The van der Waals surface area contributed by atoms with Crippen LogP contribution in [0.25, 0.3) is 0 Å². The third-order valence-electron chi connectivity index (χ3n) is 3.17. The van der Waals surface area contributed by atoms with Gasteiger partial charge in [0.15, 0.2) is 11.5 Å². The van der Waals surface area contributed by atoms with E-state index >= 15 is 0 Å². The van der Waals surface area contributed by atoms with Gasteiger partial charge < -0.3 is 15.2 Å². The van der Waals surface area contributed by atoms with E-state index in [0.717, 1.165) is 30.8 Å². The standard InChI is InChI=1S/C13H17NO2/c1-12(2)15-10-4-3-9(7-11(10)16-12)8-13(14)5-6-13/h3-4,7H,5-6,8,14H2,1-2H3. The lowest BCUT2D eigenvalue weighted by molar-refractivity contribution is -0.0431. The molecule has 0 amide bonds. The molecule has 1 aliphatic carbocycles. The van der Waals surface area contributed by atoms with Crippen molar-refractivity contribution >= 4 is 0 Å². The largest absolute Gasteiger partial charge is 0.449 e. The molecule has 1 fully saturated rings. The summed E-state index contributed by atoms with van der Waals surface area (Å²) in [6.45, 7) is 3.83. The molecule has 0 atom stereocenters. The van der Waals surface area contributed by atoms with E-state index in [-0.39, 0.29) is 5.54 Å². The summed E-state index contributed by atoms with van der Waals surface area (Å²) in [7, 11) is 0. The monoisotopic (exact) mass is 219 g/mol. The second kappa shape index (κ2) is 2.92. The summed E-state index contributed by atoms with van der Waals surface area (Å²) in [5.41, 5.74) is 7.39. The minimum Gasteiger partial charge on any atom is -0.449 e. The molecule has 1 heterocycles. The first-order valence-electron chi connectivity index (χ1n) is 5.76. The second-order valence-corrected chi connectivity index (χ2v) is 5.42. The Balaban J connectivity index is 1.84. The number of hydrogen-bond donors (Lipinski definition) is 1. The highest BCUT2D eigenvalue weighted by Crippen LogP contribution is 2.42. The molecule has 1 aromatic rings. The minimum absolute atomic E-state index is 0.0449. The van der Waals surface area contributed by atoms with E-state index in [1.54, 1.807) is 0 Å². The molecule has 0 spiro atoms. The van der Waals surface area contributed by atoms with Crippen molar-refractivity contribution in [1.82, 2.24) is 0 Å². The van der Waals surface area contributed by atoms with Crippen molar-refractivity contribution in [3.63, 3.8) is 0 Å². The number of ether oxygens (including phenoxy) is 2. The van der Waals surface area contributed by atoms with Crippen molar-refractivity contribution in [2.24, 2.45) is 5.73 Å². The topological polar surface area (TPSA) is 44.5 Å². The van der Waals surface area contributed by atoms with Crippen LogP contribution in [-0.4, -0.2) is 11.3 Å². The predicted molar refractivity (Wildman–Crippen MR) is 61.6 cm³/mol. The Morgan fingerprint density at radius 2 is 1.88 bits per heavy atom. The summed E-state index contributed by atoms with van der Waals surface area (Å²) < 4.78 is 11.3. The van der Waals surface area contributed by atoms with Crippen molar-refractivity contribution in [1.29, 1.82) is 0 Å². The van der Waals surface area contributed by atoms with Gasteiger partial charge in [-0.05, 0) is 37.0 Å². The van der Waals surface area contributed by atoms with Crippen LogP contribution in [0, 0.1) is 0 Å².